The quantitative estimate of drug-likeness (QED) is 0.762. The van der Waals surface area contributed by atoms with Gasteiger partial charge in [-0.05, 0) is 18.6 Å². The van der Waals surface area contributed by atoms with Crippen molar-refractivity contribution in [2.75, 3.05) is 19.7 Å². The van der Waals surface area contributed by atoms with Crippen molar-refractivity contribution in [3.8, 4) is 29.5 Å². The predicted molar refractivity (Wildman–Crippen MR) is 83.6 cm³/mol. The van der Waals surface area contributed by atoms with Crippen LogP contribution in [0.3, 0.4) is 0 Å². The molecule has 2 heterocycles. The molecule has 1 amide bonds. The van der Waals surface area contributed by atoms with Gasteiger partial charge in [0.15, 0.2) is 0 Å². The molecule has 1 aromatic carbocycles. The van der Waals surface area contributed by atoms with Gasteiger partial charge in [-0.1, -0.05) is 23.2 Å². The van der Waals surface area contributed by atoms with Crippen LogP contribution in [0.15, 0.2) is 28.8 Å². The zero-order valence-corrected chi connectivity index (χ0v) is 12.7. The van der Waals surface area contributed by atoms with E-state index < -0.39 is 0 Å². The molecule has 0 spiro atoms. The van der Waals surface area contributed by atoms with Crippen molar-refractivity contribution in [1.29, 1.82) is 0 Å². The molecule has 0 saturated carbocycles. The van der Waals surface area contributed by atoms with Crippen LogP contribution in [-0.4, -0.2) is 40.6 Å². The normalized spacial score (nSPS) is 14.0. The van der Waals surface area contributed by atoms with Crippen molar-refractivity contribution >= 4 is 5.91 Å². The van der Waals surface area contributed by atoms with E-state index in [1.807, 2.05) is 29.2 Å². The van der Waals surface area contributed by atoms with E-state index in [0.717, 1.165) is 18.5 Å². The molecule has 1 aliphatic rings. The number of carbonyl (C=O) groups is 1. The van der Waals surface area contributed by atoms with Gasteiger partial charge in [0.25, 0.3) is 0 Å². The van der Waals surface area contributed by atoms with Crippen molar-refractivity contribution in [2.24, 2.45) is 0 Å². The maximum atomic E-state index is 11.6. The van der Waals surface area contributed by atoms with Crippen molar-refractivity contribution in [3.63, 3.8) is 0 Å². The summed E-state index contributed by atoms with van der Waals surface area (Å²) in [4.78, 5) is 17.8. The Labute approximate surface area is 134 Å². The van der Waals surface area contributed by atoms with Crippen LogP contribution in [0.5, 0.6) is 5.75 Å². The average Bonchev–Trinajstić information content (AvgIpc) is 3.20. The molecule has 0 aliphatic carbocycles. The summed E-state index contributed by atoms with van der Waals surface area (Å²) in [5, 5.41) is 3.99. The van der Waals surface area contributed by atoms with Gasteiger partial charge in [0, 0.05) is 31.5 Å². The summed E-state index contributed by atoms with van der Waals surface area (Å²) in [5.74, 6) is 4.30. The van der Waals surface area contributed by atoms with E-state index in [4.69, 9.17) is 15.7 Å². The van der Waals surface area contributed by atoms with Crippen molar-refractivity contribution in [3.05, 3.63) is 30.2 Å². The third kappa shape index (κ3) is 3.69. The second-order valence-electron chi connectivity index (χ2n) is 5.27. The number of terminal acetylenes is 1. The monoisotopic (exact) mass is 311 g/mol. The number of amides is 1. The Morgan fingerprint density at radius 2 is 2.35 bits per heavy atom. The van der Waals surface area contributed by atoms with E-state index in [1.54, 1.807) is 0 Å². The molecule has 1 fully saturated rings. The van der Waals surface area contributed by atoms with Crippen molar-refractivity contribution < 1.29 is 14.1 Å². The molecule has 2 aromatic rings. The Morgan fingerprint density at radius 3 is 3.13 bits per heavy atom. The van der Waals surface area contributed by atoms with E-state index in [-0.39, 0.29) is 12.5 Å². The first-order chi connectivity index (χ1) is 11.3. The predicted octanol–water partition coefficient (Wildman–Crippen LogP) is 1.91. The lowest BCUT2D eigenvalue weighted by molar-refractivity contribution is -0.127. The highest BCUT2D eigenvalue weighted by molar-refractivity contribution is 5.78. The highest BCUT2D eigenvalue weighted by Crippen LogP contribution is 2.21. The van der Waals surface area contributed by atoms with E-state index in [1.165, 1.54) is 0 Å². The lowest BCUT2D eigenvalue weighted by atomic mass is 10.2. The summed E-state index contributed by atoms with van der Waals surface area (Å²) in [7, 11) is 0. The molecule has 0 unspecified atom stereocenters. The van der Waals surface area contributed by atoms with E-state index in [2.05, 4.69) is 16.1 Å². The molecule has 1 aromatic heterocycles. The van der Waals surface area contributed by atoms with Gasteiger partial charge in [-0.2, -0.15) is 4.98 Å². The molecule has 3 rings (SSSR count). The van der Waals surface area contributed by atoms with Crippen LogP contribution in [0, 0.1) is 12.3 Å². The summed E-state index contributed by atoms with van der Waals surface area (Å²) in [5.41, 5.74) is 0.798. The lowest BCUT2D eigenvalue weighted by Gasteiger charge is -2.13. The third-order valence-electron chi connectivity index (χ3n) is 3.65. The van der Waals surface area contributed by atoms with Gasteiger partial charge in [0.1, 0.15) is 12.4 Å². The minimum absolute atomic E-state index is 0.197. The smallest absolute Gasteiger partial charge is 0.228 e. The molecular weight excluding hydrogens is 294 g/mol. The van der Waals surface area contributed by atoms with Crippen LogP contribution in [0.4, 0.5) is 0 Å². The highest BCUT2D eigenvalue weighted by Gasteiger charge is 2.20. The second kappa shape index (κ2) is 6.97. The van der Waals surface area contributed by atoms with E-state index in [0.29, 0.717) is 36.9 Å². The summed E-state index contributed by atoms with van der Waals surface area (Å²) < 4.78 is 10.6. The third-order valence-corrected chi connectivity index (χ3v) is 3.65. The Hall–Kier alpha value is -2.81. The Balaban J connectivity index is 1.64. The minimum atomic E-state index is 0.197. The topological polar surface area (TPSA) is 68.5 Å². The van der Waals surface area contributed by atoms with Gasteiger partial charge in [-0.3, -0.25) is 4.79 Å². The number of rotatable bonds is 6. The van der Waals surface area contributed by atoms with Gasteiger partial charge in [-0.15, -0.1) is 6.42 Å². The lowest BCUT2D eigenvalue weighted by Crippen LogP contribution is -2.26. The fourth-order valence-electron chi connectivity index (χ4n) is 2.49. The van der Waals surface area contributed by atoms with Crippen LogP contribution in [-0.2, 0) is 11.2 Å². The standard InChI is InChI=1S/C17H17N3O3/c1-2-11-22-14-6-3-5-13(12-14)17-18-15(23-19-17)8-10-20-9-4-7-16(20)21/h1,3,5-6,12H,4,7-11H2. The largest absolute Gasteiger partial charge is 0.481 e. The zero-order chi connectivity index (χ0) is 16.1. The molecule has 23 heavy (non-hydrogen) atoms. The van der Waals surface area contributed by atoms with Crippen LogP contribution < -0.4 is 4.74 Å². The highest BCUT2D eigenvalue weighted by atomic mass is 16.5. The minimum Gasteiger partial charge on any atom is -0.481 e. The SMILES string of the molecule is C#CCOc1cccc(-c2noc(CCN3CCCC3=O)n2)c1. The number of hydrogen-bond donors (Lipinski definition) is 0. The number of nitrogens with zero attached hydrogens (tertiary/aromatic N) is 3. The molecule has 6 heteroatoms. The maximum Gasteiger partial charge on any atom is 0.228 e. The summed E-state index contributed by atoms with van der Waals surface area (Å²) >= 11 is 0. The summed E-state index contributed by atoms with van der Waals surface area (Å²) in [6.45, 7) is 1.64. The molecule has 1 saturated heterocycles. The first-order valence-electron chi connectivity index (χ1n) is 7.53. The number of likely N-dealkylation sites (tertiary alicyclic amines) is 1. The van der Waals surface area contributed by atoms with Crippen LogP contribution in [0.25, 0.3) is 11.4 Å². The van der Waals surface area contributed by atoms with E-state index in [9.17, 15) is 4.79 Å². The molecule has 118 valence electrons. The summed E-state index contributed by atoms with van der Waals surface area (Å²) in [6.07, 6.45) is 7.31. The van der Waals surface area contributed by atoms with Gasteiger partial charge in [0.2, 0.25) is 17.6 Å². The first kappa shape index (κ1) is 15.1. The van der Waals surface area contributed by atoms with Gasteiger partial charge >= 0.3 is 0 Å². The van der Waals surface area contributed by atoms with Gasteiger partial charge in [-0.25, -0.2) is 0 Å². The molecule has 0 bridgehead atoms. The molecule has 6 nitrogen and oxygen atoms in total. The van der Waals surface area contributed by atoms with Crippen LogP contribution >= 0.6 is 0 Å². The van der Waals surface area contributed by atoms with Crippen molar-refractivity contribution in [2.45, 2.75) is 19.3 Å². The Kier molecular flexibility index (Phi) is 4.57. The number of aromatic nitrogens is 2. The number of hydrogen-bond acceptors (Lipinski definition) is 5. The van der Waals surface area contributed by atoms with E-state index >= 15 is 0 Å². The zero-order valence-electron chi connectivity index (χ0n) is 12.7. The van der Waals surface area contributed by atoms with Crippen molar-refractivity contribution in [1.82, 2.24) is 15.0 Å². The first-order valence-corrected chi connectivity index (χ1v) is 7.53. The van der Waals surface area contributed by atoms with Crippen LogP contribution in [0.2, 0.25) is 0 Å². The number of ether oxygens (including phenoxy) is 1. The van der Waals surface area contributed by atoms with Gasteiger partial charge in [0.05, 0.1) is 0 Å². The fourth-order valence-corrected chi connectivity index (χ4v) is 2.49. The van der Waals surface area contributed by atoms with Gasteiger partial charge < -0.3 is 14.2 Å². The number of carbonyl (C=O) groups excluding carboxylic acids is 1. The molecule has 0 radical (unpaired) electrons. The summed E-state index contributed by atoms with van der Waals surface area (Å²) in [6, 6.07) is 7.36. The molecule has 0 N–H and O–H groups in total. The molecule has 1 aliphatic heterocycles. The Bertz CT molecular complexity index is 733. The average molecular weight is 311 g/mol. The fraction of sp³-hybridized carbons (Fsp3) is 0.353. The number of benzene rings is 1. The maximum absolute atomic E-state index is 11.6. The molecule has 0 atom stereocenters. The molecular formula is C17H17N3O3. The Morgan fingerprint density at radius 1 is 1.43 bits per heavy atom. The second-order valence-corrected chi connectivity index (χ2v) is 5.27. The van der Waals surface area contributed by atoms with Crippen LogP contribution in [0.1, 0.15) is 18.7 Å².